The fourth-order valence-corrected chi connectivity index (χ4v) is 3.18. The maximum absolute atomic E-state index is 12.4. The fraction of sp³-hybridized carbons (Fsp3) is 0.227. The van der Waals surface area contributed by atoms with E-state index in [-0.39, 0.29) is 11.8 Å². The Kier molecular flexibility index (Phi) is 5.68. The summed E-state index contributed by atoms with van der Waals surface area (Å²) in [6.45, 7) is 3.36. The van der Waals surface area contributed by atoms with Gasteiger partial charge in [-0.05, 0) is 30.5 Å². The van der Waals surface area contributed by atoms with Gasteiger partial charge < -0.3 is 10.6 Å². The van der Waals surface area contributed by atoms with E-state index in [0.29, 0.717) is 6.54 Å². The Morgan fingerprint density at radius 3 is 2.20 bits per heavy atom. The van der Waals surface area contributed by atoms with Crippen LogP contribution in [0, 0.1) is 0 Å². The third kappa shape index (κ3) is 4.38. The van der Waals surface area contributed by atoms with Crippen LogP contribution in [0.4, 0.5) is 0 Å². The molecule has 2 N–H and O–H groups in total. The van der Waals surface area contributed by atoms with Gasteiger partial charge >= 0.3 is 0 Å². The summed E-state index contributed by atoms with van der Waals surface area (Å²) < 4.78 is 0. The molecule has 3 nitrogen and oxygen atoms in total. The molecule has 1 heterocycles. The molecule has 0 unspecified atom stereocenters. The van der Waals surface area contributed by atoms with Crippen molar-refractivity contribution >= 4 is 5.91 Å². The van der Waals surface area contributed by atoms with Crippen molar-refractivity contribution in [3.63, 3.8) is 0 Å². The highest BCUT2D eigenvalue weighted by molar-refractivity contribution is 5.97. The van der Waals surface area contributed by atoms with Crippen LogP contribution in [-0.2, 0) is 4.79 Å². The highest BCUT2D eigenvalue weighted by Crippen LogP contribution is 2.27. The zero-order chi connectivity index (χ0) is 17.5. The fourth-order valence-electron chi connectivity index (χ4n) is 3.18. The number of carbonyl (C=O) groups is 1. The zero-order valence-electron chi connectivity index (χ0n) is 14.5. The first-order valence-corrected chi connectivity index (χ1v) is 8.75. The first-order chi connectivity index (χ1) is 12.3. The number of rotatable bonds is 6. The number of hydrogen-bond acceptors (Lipinski definition) is 2. The average molecular weight is 332 g/mol. The van der Waals surface area contributed by atoms with Crippen molar-refractivity contribution < 1.29 is 4.79 Å². The van der Waals surface area contributed by atoms with Crippen LogP contribution in [-0.4, -0.2) is 19.0 Å². The van der Waals surface area contributed by atoms with Crippen molar-refractivity contribution in [3.8, 4) is 0 Å². The second-order valence-corrected chi connectivity index (χ2v) is 6.24. The summed E-state index contributed by atoms with van der Waals surface area (Å²) in [6.07, 6.45) is 4.73. The van der Waals surface area contributed by atoms with Gasteiger partial charge in [0.1, 0.15) is 0 Å². The van der Waals surface area contributed by atoms with E-state index in [9.17, 15) is 4.79 Å². The van der Waals surface area contributed by atoms with Crippen molar-refractivity contribution in [1.82, 2.24) is 10.6 Å². The van der Waals surface area contributed by atoms with Crippen LogP contribution >= 0.6 is 0 Å². The summed E-state index contributed by atoms with van der Waals surface area (Å²) in [7, 11) is 0. The zero-order valence-corrected chi connectivity index (χ0v) is 14.5. The Morgan fingerprint density at radius 2 is 1.64 bits per heavy atom. The van der Waals surface area contributed by atoms with Gasteiger partial charge in [-0.15, -0.1) is 0 Å². The van der Waals surface area contributed by atoms with Gasteiger partial charge in [0.2, 0.25) is 0 Å². The molecule has 1 amide bonds. The van der Waals surface area contributed by atoms with Crippen molar-refractivity contribution in [2.45, 2.75) is 19.3 Å². The van der Waals surface area contributed by atoms with Crippen LogP contribution in [0.15, 0.2) is 84.1 Å². The number of amides is 1. The Labute approximate surface area is 149 Å². The molecule has 0 spiro atoms. The van der Waals surface area contributed by atoms with E-state index < -0.39 is 0 Å². The molecule has 0 aliphatic carbocycles. The Balaban J connectivity index is 1.68. The van der Waals surface area contributed by atoms with E-state index in [0.717, 1.165) is 24.2 Å². The molecular weight excluding hydrogens is 308 g/mol. The molecule has 0 saturated heterocycles. The molecule has 128 valence electrons. The minimum atomic E-state index is -0.0131. The predicted molar refractivity (Wildman–Crippen MR) is 102 cm³/mol. The van der Waals surface area contributed by atoms with Gasteiger partial charge in [0.15, 0.2) is 0 Å². The lowest BCUT2D eigenvalue weighted by Crippen LogP contribution is -2.30. The third-order valence-corrected chi connectivity index (χ3v) is 4.54. The first kappa shape index (κ1) is 17.0. The lowest BCUT2D eigenvalue weighted by molar-refractivity contribution is -0.117. The van der Waals surface area contributed by atoms with E-state index in [1.807, 2.05) is 31.2 Å². The van der Waals surface area contributed by atoms with E-state index in [4.69, 9.17) is 0 Å². The largest absolute Gasteiger partial charge is 0.384 e. The van der Waals surface area contributed by atoms with Gasteiger partial charge in [-0.25, -0.2) is 0 Å². The lowest BCUT2D eigenvalue weighted by atomic mass is 9.88. The van der Waals surface area contributed by atoms with Crippen LogP contribution in [0.2, 0.25) is 0 Å². The molecule has 25 heavy (non-hydrogen) atoms. The Hall–Kier alpha value is -2.81. The minimum absolute atomic E-state index is 0.0131. The smallest absolute Gasteiger partial charge is 0.253 e. The van der Waals surface area contributed by atoms with Crippen LogP contribution in [0.3, 0.4) is 0 Å². The molecule has 0 radical (unpaired) electrons. The van der Waals surface area contributed by atoms with Gasteiger partial charge in [-0.1, -0.05) is 66.7 Å². The maximum Gasteiger partial charge on any atom is 0.253 e. The SMILES string of the molecule is CC1=C(C(=O)NCCC(c2ccccc2)c2ccccc2)C=CCN1. The van der Waals surface area contributed by atoms with Gasteiger partial charge in [0.05, 0.1) is 5.57 Å². The molecule has 2 aromatic carbocycles. The maximum atomic E-state index is 12.4. The molecule has 0 saturated carbocycles. The first-order valence-electron chi connectivity index (χ1n) is 8.75. The molecule has 0 atom stereocenters. The van der Waals surface area contributed by atoms with Crippen LogP contribution in [0.1, 0.15) is 30.4 Å². The second-order valence-electron chi connectivity index (χ2n) is 6.24. The molecule has 0 aromatic heterocycles. The second kappa shape index (κ2) is 8.34. The third-order valence-electron chi connectivity index (χ3n) is 4.54. The average Bonchev–Trinajstić information content (AvgIpc) is 2.67. The number of carbonyl (C=O) groups excluding carboxylic acids is 1. The number of allylic oxidation sites excluding steroid dienone is 1. The summed E-state index contributed by atoms with van der Waals surface area (Å²) in [5.74, 6) is 0.263. The van der Waals surface area contributed by atoms with E-state index >= 15 is 0 Å². The van der Waals surface area contributed by atoms with Crippen LogP contribution < -0.4 is 10.6 Å². The quantitative estimate of drug-likeness (QED) is 0.846. The van der Waals surface area contributed by atoms with Crippen molar-refractivity contribution in [3.05, 3.63) is 95.2 Å². The topological polar surface area (TPSA) is 41.1 Å². The van der Waals surface area contributed by atoms with Gasteiger partial charge in [0, 0.05) is 24.7 Å². The molecule has 0 bridgehead atoms. The molecule has 1 aliphatic heterocycles. The number of hydrogen-bond donors (Lipinski definition) is 2. The summed E-state index contributed by atoms with van der Waals surface area (Å²) in [4.78, 5) is 12.4. The summed E-state index contributed by atoms with van der Waals surface area (Å²) >= 11 is 0. The standard InChI is InChI=1S/C22H24N2O/c1-17-20(13-8-15-23-17)22(25)24-16-14-21(18-9-4-2-5-10-18)19-11-6-3-7-12-19/h2-13,21,23H,14-16H2,1H3,(H,24,25). The minimum Gasteiger partial charge on any atom is -0.384 e. The molecule has 3 heteroatoms. The highest BCUT2D eigenvalue weighted by atomic mass is 16.1. The summed E-state index contributed by atoms with van der Waals surface area (Å²) in [5, 5.41) is 6.26. The van der Waals surface area contributed by atoms with E-state index in [1.165, 1.54) is 11.1 Å². The van der Waals surface area contributed by atoms with Crippen LogP contribution in [0.5, 0.6) is 0 Å². The van der Waals surface area contributed by atoms with Crippen molar-refractivity contribution in [2.24, 2.45) is 0 Å². The monoisotopic (exact) mass is 332 g/mol. The Morgan fingerprint density at radius 1 is 1.04 bits per heavy atom. The van der Waals surface area contributed by atoms with Gasteiger partial charge in [0.25, 0.3) is 5.91 Å². The molecule has 0 fully saturated rings. The molecule has 2 aromatic rings. The predicted octanol–water partition coefficient (Wildman–Crippen LogP) is 3.76. The van der Waals surface area contributed by atoms with Crippen molar-refractivity contribution in [1.29, 1.82) is 0 Å². The summed E-state index contributed by atoms with van der Waals surface area (Å²) in [5.41, 5.74) is 4.21. The van der Waals surface area contributed by atoms with Gasteiger partial charge in [-0.2, -0.15) is 0 Å². The number of benzene rings is 2. The molecule has 1 aliphatic rings. The van der Waals surface area contributed by atoms with Gasteiger partial charge in [-0.3, -0.25) is 4.79 Å². The normalized spacial score (nSPS) is 13.7. The number of nitrogens with one attached hydrogen (secondary N) is 2. The molecule has 3 rings (SSSR count). The van der Waals surface area contributed by atoms with E-state index in [2.05, 4.69) is 59.2 Å². The van der Waals surface area contributed by atoms with Crippen LogP contribution in [0.25, 0.3) is 0 Å². The summed E-state index contributed by atoms with van der Waals surface area (Å²) in [6, 6.07) is 20.9. The number of dihydropyridines is 1. The highest BCUT2D eigenvalue weighted by Gasteiger charge is 2.16. The van der Waals surface area contributed by atoms with E-state index in [1.54, 1.807) is 0 Å². The molecular formula is C22H24N2O. The lowest BCUT2D eigenvalue weighted by Gasteiger charge is -2.19. The Bertz CT molecular complexity index is 724. The van der Waals surface area contributed by atoms with Crippen molar-refractivity contribution in [2.75, 3.05) is 13.1 Å².